The van der Waals surface area contributed by atoms with E-state index < -0.39 is 12.1 Å². The standard InChI is InChI=1S/C20H29N3O.C2HF3O2/c1-14-3-6-17-16(11-14)18(22-19(24)21-2)12-20(17)7-9-23(10-8-20)13-15-4-5-15;3-2(4,5)1(6)7/h3,6,11,15,18H,4-5,7-10,12-13H2,1-2H3,(H2,21,22,24);(H,6,7). The van der Waals surface area contributed by atoms with Crippen LogP contribution in [0, 0.1) is 12.8 Å². The maximum absolute atomic E-state index is 11.9. The first-order valence-corrected chi connectivity index (χ1v) is 10.7. The number of aliphatic carboxylic acids is 1. The Labute approximate surface area is 180 Å². The predicted octanol–water partition coefficient (Wildman–Crippen LogP) is 3.75. The fraction of sp³-hybridized carbons (Fsp3) is 0.636. The molecule has 1 aliphatic heterocycles. The van der Waals surface area contributed by atoms with Crippen molar-refractivity contribution in [2.24, 2.45) is 5.92 Å². The number of nitrogens with one attached hydrogen (secondary N) is 2. The zero-order chi connectivity index (χ0) is 22.8. The van der Waals surface area contributed by atoms with Crippen LogP contribution in [-0.4, -0.2) is 54.9 Å². The summed E-state index contributed by atoms with van der Waals surface area (Å²) in [5.41, 5.74) is 4.37. The molecule has 1 aromatic carbocycles. The van der Waals surface area contributed by atoms with E-state index in [4.69, 9.17) is 9.90 Å². The lowest BCUT2D eigenvalue weighted by atomic mass is 9.73. The minimum absolute atomic E-state index is 0.0734. The van der Waals surface area contributed by atoms with Gasteiger partial charge in [-0.3, -0.25) is 0 Å². The summed E-state index contributed by atoms with van der Waals surface area (Å²) in [5, 5.41) is 13.0. The first-order valence-electron chi connectivity index (χ1n) is 10.7. The van der Waals surface area contributed by atoms with E-state index in [9.17, 15) is 18.0 Å². The minimum Gasteiger partial charge on any atom is -0.475 e. The van der Waals surface area contributed by atoms with Gasteiger partial charge in [0.2, 0.25) is 0 Å². The van der Waals surface area contributed by atoms with Crippen LogP contribution in [0.15, 0.2) is 18.2 Å². The van der Waals surface area contributed by atoms with Crippen molar-refractivity contribution >= 4 is 12.0 Å². The number of urea groups is 1. The normalized spacial score (nSPS) is 22.3. The summed E-state index contributed by atoms with van der Waals surface area (Å²) in [4.78, 5) is 23.4. The van der Waals surface area contributed by atoms with Crippen LogP contribution in [-0.2, 0) is 10.2 Å². The summed E-state index contributed by atoms with van der Waals surface area (Å²) in [6.45, 7) is 5.85. The van der Waals surface area contributed by atoms with Crippen LogP contribution < -0.4 is 10.6 Å². The van der Waals surface area contributed by atoms with Crippen LogP contribution in [0.2, 0.25) is 0 Å². The average Bonchev–Trinajstić information content (AvgIpc) is 3.48. The molecule has 4 rings (SSSR count). The van der Waals surface area contributed by atoms with Crippen LogP contribution in [0.5, 0.6) is 0 Å². The molecule has 2 amide bonds. The molecule has 0 radical (unpaired) electrons. The fourth-order valence-corrected chi connectivity index (χ4v) is 4.73. The molecule has 2 fully saturated rings. The molecule has 0 aromatic heterocycles. The van der Waals surface area contributed by atoms with E-state index in [1.165, 1.54) is 62.0 Å². The van der Waals surface area contributed by atoms with Gasteiger partial charge in [-0.15, -0.1) is 0 Å². The minimum atomic E-state index is -5.08. The molecule has 6 nitrogen and oxygen atoms in total. The van der Waals surface area contributed by atoms with Crippen molar-refractivity contribution in [1.29, 1.82) is 0 Å². The van der Waals surface area contributed by atoms with Crippen molar-refractivity contribution in [3.8, 4) is 0 Å². The Balaban J connectivity index is 0.000000339. The highest BCUT2D eigenvalue weighted by atomic mass is 19.4. The number of fused-ring (bicyclic) bond motifs is 2. The van der Waals surface area contributed by atoms with Crippen molar-refractivity contribution in [2.45, 2.75) is 56.7 Å². The zero-order valence-corrected chi connectivity index (χ0v) is 17.9. The van der Waals surface area contributed by atoms with Gasteiger partial charge in [0, 0.05) is 19.0 Å². The summed E-state index contributed by atoms with van der Waals surface area (Å²) in [6, 6.07) is 6.92. The first-order chi connectivity index (χ1) is 14.5. The second-order valence-corrected chi connectivity index (χ2v) is 8.90. The Morgan fingerprint density at radius 3 is 2.35 bits per heavy atom. The number of benzene rings is 1. The van der Waals surface area contributed by atoms with E-state index in [-0.39, 0.29) is 17.5 Å². The Morgan fingerprint density at radius 1 is 1.23 bits per heavy atom. The molecule has 3 aliphatic rings. The third-order valence-electron chi connectivity index (χ3n) is 6.55. The molecule has 2 aliphatic carbocycles. The van der Waals surface area contributed by atoms with Crippen LogP contribution in [0.1, 0.15) is 54.8 Å². The highest BCUT2D eigenvalue weighted by molar-refractivity contribution is 5.74. The van der Waals surface area contributed by atoms with Gasteiger partial charge in [-0.1, -0.05) is 23.8 Å². The quantitative estimate of drug-likeness (QED) is 0.668. The van der Waals surface area contributed by atoms with E-state index in [1.807, 2.05) is 0 Å². The van der Waals surface area contributed by atoms with Gasteiger partial charge in [-0.2, -0.15) is 13.2 Å². The van der Waals surface area contributed by atoms with Gasteiger partial charge in [0.1, 0.15) is 0 Å². The highest BCUT2D eigenvalue weighted by Gasteiger charge is 2.46. The summed E-state index contributed by atoms with van der Waals surface area (Å²) in [7, 11) is 1.69. The molecule has 1 aromatic rings. The van der Waals surface area contributed by atoms with Crippen molar-refractivity contribution in [3.63, 3.8) is 0 Å². The SMILES string of the molecule is CNC(=O)NC1CC2(CCN(CC3CC3)CC2)c2ccc(C)cc21.O=C(O)C(F)(F)F. The number of rotatable bonds is 3. The van der Waals surface area contributed by atoms with Crippen molar-refractivity contribution in [2.75, 3.05) is 26.7 Å². The zero-order valence-electron chi connectivity index (χ0n) is 17.9. The van der Waals surface area contributed by atoms with E-state index in [0.717, 1.165) is 12.3 Å². The van der Waals surface area contributed by atoms with Gasteiger partial charge in [-0.25, -0.2) is 9.59 Å². The smallest absolute Gasteiger partial charge is 0.475 e. The third-order valence-corrected chi connectivity index (χ3v) is 6.55. The van der Waals surface area contributed by atoms with Crippen molar-refractivity contribution in [1.82, 2.24) is 15.5 Å². The van der Waals surface area contributed by atoms with Gasteiger partial charge in [0.05, 0.1) is 6.04 Å². The van der Waals surface area contributed by atoms with Crippen LogP contribution in [0.4, 0.5) is 18.0 Å². The molecular weight excluding hydrogens is 411 g/mol. The summed E-state index contributed by atoms with van der Waals surface area (Å²) in [5.74, 6) is -1.78. The highest BCUT2D eigenvalue weighted by Crippen LogP contribution is 2.51. The third kappa shape index (κ3) is 5.70. The predicted molar refractivity (Wildman–Crippen MR) is 110 cm³/mol. The van der Waals surface area contributed by atoms with Gasteiger partial charge in [0.15, 0.2) is 0 Å². The molecule has 3 N–H and O–H groups in total. The van der Waals surface area contributed by atoms with Crippen LogP contribution in [0.25, 0.3) is 0 Å². The lowest BCUT2D eigenvalue weighted by molar-refractivity contribution is -0.192. The second-order valence-electron chi connectivity index (χ2n) is 8.90. The second kappa shape index (κ2) is 9.06. The number of halogens is 3. The van der Waals surface area contributed by atoms with E-state index >= 15 is 0 Å². The molecule has 1 spiro atoms. The van der Waals surface area contributed by atoms with E-state index in [1.54, 1.807) is 7.05 Å². The Bertz CT molecular complexity index is 816. The number of hydrogen-bond acceptors (Lipinski definition) is 3. The number of carbonyl (C=O) groups is 2. The molecular formula is C22H30F3N3O3. The van der Waals surface area contributed by atoms with Crippen LogP contribution >= 0.6 is 0 Å². The maximum atomic E-state index is 11.9. The molecule has 1 unspecified atom stereocenters. The first kappa shape index (κ1) is 23.4. The van der Waals surface area contributed by atoms with Crippen molar-refractivity contribution in [3.05, 3.63) is 34.9 Å². The monoisotopic (exact) mass is 441 g/mol. The largest absolute Gasteiger partial charge is 0.490 e. The van der Waals surface area contributed by atoms with Gasteiger partial charge < -0.3 is 20.6 Å². The molecule has 0 bridgehead atoms. The fourth-order valence-electron chi connectivity index (χ4n) is 4.73. The Kier molecular flexibility index (Phi) is 6.83. The molecule has 1 saturated carbocycles. The van der Waals surface area contributed by atoms with Crippen molar-refractivity contribution < 1.29 is 27.9 Å². The Hall–Kier alpha value is -2.29. The molecule has 172 valence electrons. The summed E-state index contributed by atoms with van der Waals surface area (Å²) >= 11 is 0. The van der Waals surface area contributed by atoms with Gasteiger partial charge in [-0.05, 0) is 69.2 Å². The number of carboxylic acids is 1. The molecule has 1 atom stereocenters. The molecule has 1 heterocycles. The number of aryl methyl sites for hydroxylation is 1. The summed E-state index contributed by atoms with van der Waals surface area (Å²) in [6.07, 6.45) is 1.28. The lowest BCUT2D eigenvalue weighted by Gasteiger charge is -2.40. The van der Waals surface area contributed by atoms with E-state index in [2.05, 4.69) is 40.7 Å². The average molecular weight is 441 g/mol. The number of carbonyl (C=O) groups excluding carboxylic acids is 1. The topological polar surface area (TPSA) is 81.7 Å². The van der Waals surface area contributed by atoms with Gasteiger partial charge >= 0.3 is 18.2 Å². The maximum Gasteiger partial charge on any atom is 0.490 e. The number of amides is 2. The number of alkyl halides is 3. The number of nitrogens with zero attached hydrogens (tertiary/aromatic N) is 1. The number of piperidine rings is 1. The van der Waals surface area contributed by atoms with Crippen LogP contribution in [0.3, 0.4) is 0 Å². The van der Waals surface area contributed by atoms with Gasteiger partial charge in [0.25, 0.3) is 0 Å². The summed E-state index contributed by atoms with van der Waals surface area (Å²) < 4.78 is 31.7. The van der Waals surface area contributed by atoms with E-state index in [0.29, 0.717) is 0 Å². The number of carboxylic acid groups (broad SMARTS) is 1. The molecule has 9 heteroatoms. The lowest BCUT2D eigenvalue weighted by Crippen LogP contribution is -2.43. The number of likely N-dealkylation sites (tertiary alicyclic amines) is 1. The molecule has 1 saturated heterocycles. The number of hydrogen-bond donors (Lipinski definition) is 3. The molecule has 31 heavy (non-hydrogen) atoms. The Morgan fingerprint density at radius 2 is 1.84 bits per heavy atom.